The van der Waals surface area contributed by atoms with Crippen LogP contribution in [-0.4, -0.2) is 26.5 Å². The molecule has 1 aliphatic heterocycles. The highest BCUT2D eigenvalue weighted by Crippen LogP contribution is 2.34. The molecule has 0 amide bonds. The quantitative estimate of drug-likeness (QED) is 0.800. The molecule has 17 heavy (non-hydrogen) atoms. The molecule has 0 fully saturated rings. The van der Waals surface area contributed by atoms with Gasteiger partial charge in [0.1, 0.15) is 11.5 Å². The number of aliphatic imine (C=N–C) groups is 1. The molecule has 1 aliphatic rings. The highest BCUT2D eigenvalue weighted by molar-refractivity contribution is 6.05. The molecule has 0 N–H and O–H groups in total. The van der Waals surface area contributed by atoms with Crippen molar-refractivity contribution in [1.29, 1.82) is 0 Å². The zero-order valence-electron chi connectivity index (χ0n) is 10.7. The van der Waals surface area contributed by atoms with Gasteiger partial charge in [0.2, 0.25) is 0 Å². The highest BCUT2D eigenvalue weighted by atomic mass is 16.5. The van der Waals surface area contributed by atoms with Gasteiger partial charge in [-0.05, 0) is 25.0 Å². The second kappa shape index (κ2) is 5.21. The summed E-state index contributed by atoms with van der Waals surface area (Å²) in [7, 11) is 3.42. The summed E-state index contributed by atoms with van der Waals surface area (Å²) in [5.41, 5.74) is 3.55. The van der Waals surface area contributed by atoms with Gasteiger partial charge in [0.15, 0.2) is 0 Å². The van der Waals surface area contributed by atoms with E-state index in [1.165, 1.54) is 5.56 Å². The fourth-order valence-electron chi connectivity index (χ4n) is 2.36. The molecular weight excluding hydrogens is 214 g/mol. The number of nitrogens with zero attached hydrogens (tertiary/aromatic N) is 1. The Hall–Kier alpha value is -1.51. The summed E-state index contributed by atoms with van der Waals surface area (Å²) in [5.74, 6) is 1.86. The largest absolute Gasteiger partial charge is 0.496 e. The van der Waals surface area contributed by atoms with E-state index in [0.29, 0.717) is 0 Å². The molecule has 0 aromatic heterocycles. The first-order valence-corrected chi connectivity index (χ1v) is 6.09. The van der Waals surface area contributed by atoms with Crippen LogP contribution in [0.3, 0.4) is 0 Å². The lowest BCUT2D eigenvalue weighted by atomic mass is 9.93. The minimum atomic E-state index is 0.853. The number of rotatable bonds is 4. The Labute approximate surface area is 102 Å². The lowest BCUT2D eigenvalue weighted by Gasteiger charge is -2.21. The van der Waals surface area contributed by atoms with Gasteiger partial charge < -0.3 is 9.47 Å². The predicted octanol–water partition coefficient (Wildman–Crippen LogP) is 2.85. The summed E-state index contributed by atoms with van der Waals surface area (Å²) in [6.45, 7) is 3.02. The van der Waals surface area contributed by atoms with E-state index in [1.807, 2.05) is 12.1 Å². The average Bonchev–Trinajstić information content (AvgIpc) is 2.38. The monoisotopic (exact) mass is 233 g/mol. The van der Waals surface area contributed by atoms with Gasteiger partial charge >= 0.3 is 0 Å². The number of ether oxygens (including phenoxy) is 2. The third kappa shape index (κ3) is 2.14. The van der Waals surface area contributed by atoms with Crippen molar-refractivity contribution in [1.82, 2.24) is 0 Å². The van der Waals surface area contributed by atoms with Gasteiger partial charge in [-0.25, -0.2) is 0 Å². The minimum Gasteiger partial charge on any atom is -0.496 e. The van der Waals surface area contributed by atoms with E-state index >= 15 is 0 Å². The Bertz CT molecular complexity index is 438. The molecular formula is C14H19NO2. The van der Waals surface area contributed by atoms with E-state index in [4.69, 9.17) is 9.47 Å². The van der Waals surface area contributed by atoms with Crippen LogP contribution in [0.15, 0.2) is 17.1 Å². The fraction of sp³-hybridized carbons (Fsp3) is 0.500. The minimum absolute atomic E-state index is 0.853. The van der Waals surface area contributed by atoms with Crippen LogP contribution in [0.5, 0.6) is 11.5 Å². The standard InChI is InChI=1S/C14H19NO2/c1-4-5-11-14-10(8-9-15-11)12(16-2)6-7-13(14)17-3/h6-7H,4-5,8-9H2,1-3H3. The van der Waals surface area contributed by atoms with E-state index in [1.54, 1.807) is 14.2 Å². The Morgan fingerprint density at radius 2 is 1.88 bits per heavy atom. The molecule has 1 aromatic rings. The van der Waals surface area contributed by atoms with Crippen molar-refractivity contribution in [2.24, 2.45) is 4.99 Å². The summed E-state index contributed by atoms with van der Waals surface area (Å²) in [5, 5.41) is 0. The van der Waals surface area contributed by atoms with Crippen LogP contribution in [0.4, 0.5) is 0 Å². The molecule has 92 valence electrons. The van der Waals surface area contributed by atoms with Crippen LogP contribution in [0, 0.1) is 0 Å². The first kappa shape index (κ1) is 12.0. The SMILES string of the molecule is CCCC1=NCCc2c(OC)ccc(OC)c21. The van der Waals surface area contributed by atoms with Gasteiger partial charge in [-0.3, -0.25) is 4.99 Å². The third-order valence-electron chi connectivity index (χ3n) is 3.11. The molecule has 3 nitrogen and oxygen atoms in total. The van der Waals surface area contributed by atoms with Gasteiger partial charge in [-0.15, -0.1) is 0 Å². The van der Waals surface area contributed by atoms with Crippen molar-refractivity contribution in [3.8, 4) is 11.5 Å². The number of benzene rings is 1. The lowest BCUT2D eigenvalue weighted by molar-refractivity contribution is 0.397. The normalized spacial score (nSPS) is 13.9. The maximum Gasteiger partial charge on any atom is 0.128 e. The van der Waals surface area contributed by atoms with Crippen LogP contribution in [0.25, 0.3) is 0 Å². The van der Waals surface area contributed by atoms with Crippen LogP contribution < -0.4 is 9.47 Å². The van der Waals surface area contributed by atoms with Crippen molar-refractivity contribution >= 4 is 5.71 Å². The second-order valence-electron chi connectivity index (χ2n) is 4.15. The van der Waals surface area contributed by atoms with Crippen molar-refractivity contribution in [3.63, 3.8) is 0 Å². The molecule has 3 heteroatoms. The number of hydrogen-bond acceptors (Lipinski definition) is 3. The molecule has 0 unspecified atom stereocenters. The summed E-state index contributed by atoms with van der Waals surface area (Å²) in [4.78, 5) is 4.63. The molecule has 1 aromatic carbocycles. The summed E-state index contributed by atoms with van der Waals surface area (Å²) in [6.07, 6.45) is 3.03. The zero-order valence-corrected chi connectivity index (χ0v) is 10.7. The van der Waals surface area contributed by atoms with E-state index in [2.05, 4.69) is 11.9 Å². The van der Waals surface area contributed by atoms with Crippen molar-refractivity contribution in [2.45, 2.75) is 26.2 Å². The van der Waals surface area contributed by atoms with Crippen molar-refractivity contribution in [2.75, 3.05) is 20.8 Å². The zero-order chi connectivity index (χ0) is 12.3. The van der Waals surface area contributed by atoms with E-state index in [-0.39, 0.29) is 0 Å². The summed E-state index contributed by atoms with van der Waals surface area (Å²) >= 11 is 0. The summed E-state index contributed by atoms with van der Waals surface area (Å²) in [6, 6.07) is 3.95. The Morgan fingerprint density at radius 1 is 1.18 bits per heavy atom. The van der Waals surface area contributed by atoms with Crippen LogP contribution in [0.1, 0.15) is 30.9 Å². The highest BCUT2D eigenvalue weighted by Gasteiger charge is 2.21. The van der Waals surface area contributed by atoms with Crippen LogP contribution in [0.2, 0.25) is 0 Å². The topological polar surface area (TPSA) is 30.8 Å². The molecule has 0 spiro atoms. The molecule has 2 rings (SSSR count). The predicted molar refractivity (Wildman–Crippen MR) is 69.6 cm³/mol. The first-order chi connectivity index (χ1) is 8.31. The molecule has 0 saturated carbocycles. The third-order valence-corrected chi connectivity index (χ3v) is 3.11. The van der Waals surface area contributed by atoms with Gasteiger partial charge in [0, 0.05) is 23.4 Å². The molecule has 1 heterocycles. The Balaban J connectivity index is 2.55. The first-order valence-electron chi connectivity index (χ1n) is 6.09. The van der Waals surface area contributed by atoms with E-state index in [9.17, 15) is 0 Å². The van der Waals surface area contributed by atoms with Crippen LogP contribution in [-0.2, 0) is 6.42 Å². The van der Waals surface area contributed by atoms with Gasteiger partial charge in [-0.2, -0.15) is 0 Å². The van der Waals surface area contributed by atoms with Gasteiger partial charge in [0.05, 0.1) is 14.2 Å². The van der Waals surface area contributed by atoms with Crippen molar-refractivity contribution < 1.29 is 9.47 Å². The van der Waals surface area contributed by atoms with E-state index in [0.717, 1.165) is 48.6 Å². The summed E-state index contributed by atoms with van der Waals surface area (Å²) < 4.78 is 10.9. The maximum absolute atomic E-state index is 5.45. The molecule has 0 saturated heterocycles. The van der Waals surface area contributed by atoms with Gasteiger partial charge in [-0.1, -0.05) is 13.3 Å². The number of methoxy groups -OCH3 is 2. The number of hydrogen-bond donors (Lipinski definition) is 0. The average molecular weight is 233 g/mol. The molecule has 0 radical (unpaired) electrons. The molecule has 0 atom stereocenters. The second-order valence-corrected chi connectivity index (χ2v) is 4.15. The number of fused-ring (bicyclic) bond motifs is 1. The smallest absolute Gasteiger partial charge is 0.128 e. The molecule has 0 aliphatic carbocycles. The van der Waals surface area contributed by atoms with E-state index < -0.39 is 0 Å². The molecule has 0 bridgehead atoms. The Kier molecular flexibility index (Phi) is 3.67. The van der Waals surface area contributed by atoms with Crippen LogP contribution >= 0.6 is 0 Å². The Morgan fingerprint density at radius 3 is 2.53 bits per heavy atom. The maximum atomic E-state index is 5.45. The van der Waals surface area contributed by atoms with Gasteiger partial charge in [0.25, 0.3) is 0 Å². The van der Waals surface area contributed by atoms with Crippen molar-refractivity contribution in [3.05, 3.63) is 23.3 Å². The fourth-order valence-corrected chi connectivity index (χ4v) is 2.36. The lowest BCUT2D eigenvalue weighted by Crippen LogP contribution is -2.15.